The van der Waals surface area contributed by atoms with E-state index in [0.29, 0.717) is 15.9 Å². The Morgan fingerprint density at radius 3 is 2.31 bits per heavy atom. The van der Waals surface area contributed by atoms with Crippen LogP contribution >= 0.6 is 34.8 Å². The Kier molecular flexibility index (Phi) is 4.65. The van der Waals surface area contributed by atoms with E-state index < -0.39 is 0 Å². The van der Waals surface area contributed by atoms with Gasteiger partial charge < -0.3 is 0 Å². The number of allylic oxidation sites excluding steroid dienone is 1. The highest BCUT2D eigenvalue weighted by Crippen LogP contribution is 2.25. The average molecular weight is 236 g/mol. The molecule has 13 heavy (non-hydrogen) atoms. The van der Waals surface area contributed by atoms with Gasteiger partial charge in [-0.05, 0) is 18.6 Å². The molecule has 0 N–H and O–H groups in total. The lowest BCUT2D eigenvalue weighted by Gasteiger charge is -1.99. The molecule has 0 saturated carbocycles. The zero-order valence-electron chi connectivity index (χ0n) is 6.93. The maximum atomic E-state index is 5.94. The minimum absolute atomic E-state index is 0.610. The molecule has 0 fully saturated rings. The van der Waals surface area contributed by atoms with Gasteiger partial charge in [-0.2, -0.15) is 0 Å². The number of rotatable bonds is 3. The number of hydrogen-bond acceptors (Lipinski definition) is 0. The second kappa shape index (κ2) is 5.54. The number of benzene rings is 1. The standard InChI is InChI=1S/C10H9Cl3/c11-7-2-1-4-8-9(12)5-3-6-10(8)13/h1,3-6H,2,7H2. The summed E-state index contributed by atoms with van der Waals surface area (Å²) in [5.41, 5.74) is 0.857. The summed E-state index contributed by atoms with van der Waals surface area (Å²) in [6.07, 6.45) is 4.68. The smallest absolute Gasteiger partial charge is 0.0493 e. The predicted molar refractivity (Wildman–Crippen MR) is 60.8 cm³/mol. The molecule has 0 saturated heterocycles. The van der Waals surface area contributed by atoms with Gasteiger partial charge in [-0.1, -0.05) is 41.4 Å². The minimum Gasteiger partial charge on any atom is -0.126 e. The minimum atomic E-state index is 0.610. The molecular weight excluding hydrogens is 226 g/mol. The van der Waals surface area contributed by atoms with Gasteiger partial charge in [0, 0.05) is 21.5 Å². The first kappa shape index (κ1) is 10.9. The van der Waals surface area contributed by atoms with Crippen LogP contribution in [-0.4, -0.2) is 5.88 Å². The fourth-order valence-corrected chi connectivity index (χ4v) is 1.58. The first-order chi connectivity index (χ1) is 6.25. The molecule has 0 aromatic heterocycles. The molecule has 1 aromatic carbocycles. The molecule has 0 spiro atoms. The van der Waals surface area contributed by atoms with Gasteiger partial charge in [-0.3, -0.25) is 0 Å². The quantitative estimate of drug-likeness (QED) is 0.670. The molecule has 0 heterocycles. The zero-order valence-corrected chi connectivity index (χ0v) is 9.20. The molecule has 1 rings (SSSR count). The Balaban J connectivity index is 2.87. The summed E-state index contributed by atoms with van der Waals surface area (Å²) >= 11 is 17.4. The van der Waals surface area contributed by atoms with Crippen molar-refractivity contribution in [1.82, 2.24) is 0 Å². The summed E-state index contributed by atoms with van der Waals surface area (Å²) in [4.78, 5) is 0. The van der Waals surface area contributed by atoms with Crippen LogP contribution in [0, 0.1) is 0 Å². The number of halogens is 3. The van der Waals surface area contributed by atoms with E-state index in [4.69, 9.17) is 34.8 Å². The Bertz CT molecular complexity index is 285. The van der Waals surface area contributed by atoms with Crippen LogP contribution in [0.1, 0.15) is 12.0 Å². The molecule has 0 radical (unpaired) electrons. The van der Waals surface area contributed by atoms with Gasteiger partial charge in [0.25, 0.3) is 0 Å². The van der Waals surface area contributed by atoms with E-state index in [1.54, 1.807) is 0 Å². The van der Waals surface area contributed by atoms with Crippen molar-refractivity contribution in [1.29, 1.82) is 0 Å². The van der Waals surface area contributed by atoms with Gasteiger partial charge in [-0.25, -0.2) is 0 Å². The molecular formula is C10H9Cl3. The van der Waals surface area contributed by atoms with Crippen molar-refractivity contribution in [2.75, 3.05) is 5.88 Å². The molecule has 0 unspecified atom stereocenters. The third-order valence-corrected chi connectivity index (χ3v) is 2.44. The van der Waals surface area contributed by atoms with Gasteiger partial charge >= 0.3 is 0 Å². The van der Waals surface area contributed by atoms with Crippen molar-refractivity contribution in [2.24, 2.45) is 0 Å². The molecule has 0 aliphatic heterocycles. The van der Waals surface area contributed by atoms with Gasteiger partial charge in [-0.15, -0.1) is 11.6 Å². The molecule has 70 valence electrons. The molecule has 0 aliphatic rings. The van der Waals surface area contributed by atoms with Gasteiger partial charge in [0.15, 0.2) is 0 Å². The van der Waals surface area contributed by atoms with Gasteiger partial charge in [0.2, 0.25) is 0 Å². The Hall–Kier alpha value is -0.170. The van der Waals surface area contributed by atoms with E-state index in [1.807, 2.05) is 30.4 Å². The largest absolute Gasteiger partial charge is 0.126 e. The second-order valence-corrected chi connectivity index (χ2v) is 3.71. The lowest BCUT2D eigenvalue weighted by molar-refractivity contribution is 1.24. The van der Waals surface area contributed by atoms with Crippen LogP contribution in [0.3, 0.4) is 0 Å². The van der Waals surface area contributed by atoms with Gasteiger partial charge in [0.1, 0.15) is 0 Å². The highest BCUT2D eigenvalue weighted by Gasteiger charge is 1.99. The van der Waals surface area contributed by atoms with E-state index in [9.17, 15) is 0 Å². The van der Waals surface area contributed by atoms with Crippen molar-refractivity contribution in [3.63, 3.8) is 0 Å². The third-order valence-electron chi connectivity index (χ3n) is 1.56. The van der Waals surface area contributed by atoms with Crippen LogP contribution in [0.15, 0.2) is 24.3 Å². The van der Waals surface area contributed by atoms with E-state index >= 15 is 0 Å². The molecule has 1 aromatic rings. The fraction of sp³-hybridized carbons (Fsp3) is 0.200. The van der Waals surface area contributed by atoms with Crippen LogP contribution in [0.2, 0.25) is 10.0 Å². The molecule has 3 heteroatoms. The van der Waals surface area contributed by atoms with Crippen LogP contribution in [0.5, 0.6) is 0 Å². The van der Waals surface area contributed by atoms with E-state index in [2.05, 4.69) is 0 Å². The fourth-order valence-electron chi connectivity index (χ4n) is 0.934. The van der Waals surface area contributed by atoms with E-state index in [0.717, 1.165) is 12.0 Å². The highest BCUT2D eigenvalue weighted by molar-refractivity contribution is 6.37. The second-order valence-electron chi connectivity index (χ2n) is 2.52. The topological polar surface area (TPSA) is 0 Å². The van der Waals surface area contributed by atoms with Crippen molar-refractivity contribution in [2.45, 2.75) is 6.42 Å². The normalized spacial score (nSPS) is 11.0. The first-order valence-electron chi connectivity index (χ1n) is 3.92. The van der Waals surface area contributed by atoms with Crippen molar-refractivity contribution in [3.8, 4) is 0 Å². The van der Waals surface area contributed by atoms with Crippen molar-refractivity contribution in [3.05, 3.63) is 39.9 Å². The van der Waals surface area contributed by atoms with Crippen molar-refractivity contribution >= 4 is 40.9 Å². The molecule has 0 amide bonds. The Morgan fingerprint density at radius 2 is 1.77 bits per heavy atom. The van der Waals surface area contributed by atoms with Crippen LogP contribution in [-0.2, 0) is 0 Å². The molecule has 0 aliphatic carbocycles. The lowest BCUT2D eigenvalue weighted by atomic mass is 10.2. The molecule has 0 bridgehead atoms. The Labute approximate surface area is 93.1 Å². The molecule has 0 atom stereocenters. The van der Waals surface area contributed by atoms with Crippen molar-refractivity contribution < 1.29 is 0 Å². The number of alkyl halides is 1. The zero-order chi connectivity index (χ0) is 9.68. The number of hydrogen-bond donors (Lipinski definition) is 0. The maximum Gasteiger partial charge on any atom is 0.0493 e. The summed E-state index contributed by atoms with van der Waals surface area (Å²) < 4.78 is 0. The summed E-state index contributed by atoms with van der Waals surface area (Å²) in [7, 11) is 0. The summed E-state index contributed by atoms with van der Waals surface area (Å²) in [5, 5.41) is 1.33. The van der Waals surface area contributed by atoms with E-state index in [-0.39, 0.29) is 0 Å². The van der Waals surface area contributed by atoms with Gasteiger partial charge in [0.05, 0.1) is 0 Å². The molecule has 0 nitrogen and oxygen atoms in total. The van der Waals surface area contributed by atoms with Crippen LogP contribution < -0.4 is 0 Å². The average Bonchev–Trinajstić information content (AvgIpc) is 2.10. The predicted octanol–water partition coefficient (Wildman–Crippen LogP) is 4.64. The first-order valence-corrected chi connectivity index (χ1v) is 5.21. The third kappa shape index (κ3) is 3.22. The highest BCUT2D eigenvalue weighted by atomic mass is 35.5. The summed E-state index contributed by atoms with van der Waals surface area (Å²) in [6.45, 7) is 0. The van der Waals surface area contributed by atoms with E-state index in [1.165, 1.54) is 0 Å². The lowest BCUT2D eigenvalue weighted by Crippen LogP contribution is -1.77. The monoisotopic (exact) mass is 234 g/mol. The van der Waals surface area contributed by atoms with Crippen LogP contribution in [0.4, 0.5) is 0 Å². The van der Waals surface area contributed by atoms with Crippen LogP contribution in [0.25, 0.3) is 6.08 Å². The maximum absolute atomic E-state index is 5.94. The summed E-state index contributed by atoms with van der Waals surface area (Å²) in [5.74, 6) is 0.610. The summed E-state index contributed by atoms with van der Waals surface area (Å²) in [6, 6.07) is 5.45. The SMILES string of the molecule is ClCCC=Cc1c(Cl)cccc1Cl. The Morgan fingerprint density at radius 1 is 1.15 bits per heavy atom.